The van der Waals surface area contributed by atoms with E-state index in [-0.39, 0.29) is 16.9 Å². The van der Waals surface area contributed by atoms with Crippen molar-refractivity contribution in [2.24, 2.45) is 16.3 Å². The molecule has 0 saturated heterocycles. The van der Waals surface area contributed by atoms with E-state index in [9.17, 15) is 25.5 Å². The van der Waals surface area contributed by atoms with Gasteiger partial charge in [0.25, 0.3) is 5.69 Å². The zero-order valence-electron chi connectivity index (χ0n) is 21.4. The largest absolute Gasteiger partial charge is 0.493 e. The summed E-state index contributed by atoms with van der Waals surface area (Å²) in [6, 6.07) is 10.4. The molecule has 1 heterocycles. The van der Waals surface area contributed by atoms with Gasteiger partial charge in [0.2, 0.25) is 5.75 Å². The van der Waals surface area contributed by atoms with Crippen molar-refractivity contribution in [2.45, 2.75) is 40.0 Å². The minimum absolute atomic E-state index is 0.156. The Morgan fingerprint density at radius 3 is 2.47 bits per heavy atom. The number of benzene rings is 2. The molecule has 1 aromatic heterocycles. The standard InChI is InChI=1S/C27H26N4O6S/c1-27(2,3)17-6-8-19-20(14-28)26(38-25(19)12-17)29-15-16-5-9-23(24(11-16)36-4)37-22-10-7-18(30(32)33)13-21(22)31(34)35/h5,7,9-11,13,15,17H,6,8,12H2,1-4H3/t17-/m0/s1. The van der Waals surface area contributed by atoms with Crippen LogP contribution in [0.3, 0.4) is 0 Å². The molecule has 0 radical (unpaired) electrons. The van der Waals surface area contributed by atoms with Gasteiger partial charge in [0.05, 0.1) is 28.6 Å². The Balaban J connectivity index is 1.59. The van der Waals surface area contributed by atoms with E-state index in [1.54, 1.807) is 35.8 Å². The van der Waals surface area contributed by atoms with Crippen LogP contribution < -0.4 is 9.47 Å². The van der Waals surface area contributed by atoms with Crippen LogP contribution in [0.4, 0.5) is 16.4 Å². The van der Waals surface area contributed by atoms with Gasteiger partial charge >= 0.3 is 5.69 Å². The highest BCUT2D eigenvalue weighted by Gasteiger charge is 2.32. The first-order valence-electron chi connectivity index (χ1n) is 11.9. The van der Waals surface area contributed by atoms with Crippen LogP contribution in [0.25, 0.3) is 0 Å². The fourth-order valence-electron chi connectivity index (χ4n) is 4.47. The fourth-order valence-corrected chi connectivity index (χ4v) is 5.69. The highest BCUT2D eigenvalue weighted by Crippen LogP contribution is 2.45. The second-order valence-corrected chi connectivity index (χ2v) is 11.1. The molecule has 10 nitrogen and oxygen atoms in total. The van der Waals surface area contributed by atoms with E-state index < -0.39 is 21.2 Å². The van der Waals surface area contributed by atoms with Gasteiger partial charge in [0.1, 0.15) is 11.1 Å². The summed E-state index contributed by atoms with van der Waals surface area (Å²) in [4.78, 5) is 26.8. The lowest BCUT2D eigenvalue weighted by atomic mass is 9.72. The number of thiophene rings is 1. The Bertz CT molecular complexity index is 1480. The highest BCUT2D eigenvalue weighted by molar-refractivity contribution is 7.16. The van der Waals surface area contributed by atoms with Crippen LogP contribution >= 0.6 is 11.3 Å². The van der Waals surface area contributed by atoms with Gasteiger partial charge in [0.15, 0.2) is 11.5 Å². The third kappa shape index (κ3) is 5.50. The number of non-ortho nitro benzene ring substituents is 1. The zero-order chi connectivity index (χ0) is 27.6. The first-order chi connectivity index (χ1) is 18.0. The predicted molar refractivity (Wildman–Crippen MR) is 144 cm³/mol. The number of nitrogens with zero attached hydrogens (tertiary/aromatic N) is 4. The summed E-state index contributed by atoms with van der Waals surface area (Å²) in [6.07, 6.45) is 4.51. The molecular weight excluding hydrogens is 508 g/mol. The molecule has 1 aliphatic carbocycles. The summed E-state index contributed by atoms with van der Waals surface area (Å²) in [7, 11) is 1.43. The first-order valence-corrected chi connectivity index (χ1v) is 12.7. The van der Waals surface area contributed by atoms with E-state index in [0.29, 0.717) is 27.8 Å². The number of rotatable bonds is 7. The maximum atomic E-state index is 11.4. The van der Waals surface area contributed by atoms with Crippen molar-refractivity contribution in [3.63, 3.8) is 0 Å². The molecule has 2 aromatic carbocycles. The summed E-state index contributed by atoms with van der Waals surface area (Å²) in [5.41, 5.74) is 1.67. The molecule has 0 fully saturated rings. The van der Waals surface area contributed by atoms with Crippen molar-refractivity contribution in [2.75, 3.05) is 7.11 Å². The van der Waals surface area contributed by atoms with Gasteiger partial charge in [0, 0.05) is 17.2 Å². The Morgan fingerprint density at radius 1 is 1.11 bits per heavy atom. The first kappa shape index (κ1) is 26.8. The molecule has 0 amide bonds. The fraction of sp³-hybridized carbons (Fsp3) is 0.333. The summed E-state index contributed by atoms with van der Waals surface area (Å²) in [6.45, 7) is 6.75. The molecule has 11 heteroatoms. The van der Waals surface area contributed by atoms with Gasteiger partial charge in [-0.3, -0.25) is 20.2 Å². The molecule has 0 aliphatic heterocycles. The van der Waals surface area contributed by atoms with Gasteiger partial charge in [-0.1, -0.05) is 20.8 Å². The molecule has 38 heavy (non-hydrogen) atoms. The van der Waals surface area contributed by atoms with E-state index in [1.807, 2.05) is 0 Å². The minimum atomic E-state index is -0.743. The number of nitro benzene ring substituents is 2. The molecule has 0 N–H and O–H groups in total. The third-order valence-corrected chi connectivity index (χ3v) is 7.83. The van der Waals surface area contributed by atoms with Gasteiger partial charge < -0.3 is 9.47 Å². The number of methoxy groups -OCH3 is 1. The van der Waals surface area contributed by atoms with E-state index in [1.165, 1.54) is 18.1 Å². The molecule has 196 valence electrons. The van der Waals surface area contributed by atoms with E-state index in [4.69, 9.17) is 9.47 Å². The van der Waals surface area contributed by atoms with Gasteiger partial charge in [-0.05, 0) is 66.0 Å². The summed E-state index contributed by atoms with van der Waals surface area (Å²) < 4.78 is 11.1. The van der Waals surface area contributed by atoms with Crippen LogP contribution in [0.5, 0.6) is 17.2 Å². The third-order valence-electron chi connectivity index (χ3n) is 6.67. The molecule has 1 aliphatic rings. The van der Waals surface area contributed by atoms with E-state index in [2.05, 4.69) is 31.8 Å². The number of hydrogen-bond acceptors (Lipinski definition) is 9. The van der Waals surface area contributed by atoms with Crippen LogP contribution in [-0.4, -0.2) is 23.2 Å². The smallest absolute Gasteiger partial charge is 0.318 e. The van der Waals surface area contributed by atoms with E-state index >= 15 is 0 Å². The molecule has 1 atom stereocenters. The lowest BCUT2D eigenvalue weighted by Crippen LogP contribution is -2.26. The molecular formula is C27H26N4O6S. The van der Waals surface area contributed by atoms with Crippen molar-refractivity contribution in [1.82, 2.24) is 0 Å². The van der Waals surface area contributed by atoms with Crippen molar-refractivity contribution in [3.05, 3.63) is 78.2 Å². The molecule has 0 spiro atoms. The van der Waals surface area contributed by atoms with Crippen LogP contribution in [-0.2, 0) is 12.8 Å². The molecule has 3 aromatic rings. The maximum absolute atomic E-state index is 11.4. The van der Waals surface area contributed by atoms with Crippen LogP contribution in [0.1, 0.15) is 48.8 Å². The Kier molecular flexibility index (Phi) is 7.46. The van der Waals surface area contributed by atoms with Gasteiger partial charge in [-0.15, -0.1) is 11.3 Å². The summed E-state index contributed by atoms with van der Waals surface area (Å²) in [5, 5.41) is 32.9. The molecule has 4 rings (SSSR count). The molecule has 0 saturated carbocycles. The lowest BCUT2D eigenvalue weighted by molar-refractivity contribution is -0.394. The maximum Gasteiger partial charge on any atom is 0.318 e. The average Bonchev–Trinajstić information content (AvgIpc) is 3.24. The number of hydrogen-bond donors (Lipinski definition) is 0. The Labute approximate surface area is 223 Å². The predicted octanol–water partition coefficient (Wildman–Crippen LogP) is 7.14. The van der Waals surface area contributed by atoms with Gasteiger partial charge in [-0.25, -0.2) is 4.99 Å². The zero-order valence-corrected chi connectivity index (χ0v) is 22.2. The highest BCUT2D eigenvalue weighted by atomic mass is 32.1. The minimum Gasteiger partial charge on any atom is -0.493 e. The second kappa shape index (κ2) is 10.6. The Morgan fingerprint density at radius 2 is 1.84 bits per heavy atom. The average molecular weight is 535 g/mol. The number of nitro groups is 2. The van der Waals surface area contributed by atoms with Crippen LogP contribution in [0, 0.1) is 42.9 Å². The number of ether oxygens (including phenoxy) is 2. The monoisotopic (exact) mass is 534 g/mol. The summed E-state index contributed by atoms with van der Waals surface area (Å²) in [5.74, 6) is 0.886. The van der Waals surface area contributed by atoms with Crippen LogP contribution in [0.15, 0.2) is 41.4 Å². The van der Waals surface area contributed by atoms with E-state index in [0.717, 1.165) is 37.0 Å². The second-order valence-electron chi connectivity index (χ2n) is 10.0. The number of fused-ring (bicyclic) bond motifs is 1. The number of nitriles is 1. The van der Waals surface area contributed by atoms with Gasteiger partial charge in [-0.2, -0.15) is 5.26 Å². The van der Waals surface area contributed by atoms with Crippen molar-refractivity contribution in [1.29, 1.82) is 5.26 Å². The summed E-state index contributed by atoms with van der Waals surface area (Å²) >= 11 is 1.56. The topological polar surface area (TPSA) is 141 Å². The van der Waals surface area contributed by atoms with Crippen molar-refractivity contribution in [3.8, 4) is 23.3 Å². The van der Waals surface area contributed by atoms with Crippen LogP contribution in [0.2, 0.25) is 0 Å². The Hall–Kier alpha value is -4.30. The molecule has 0 bridgehead atoms. The molecule has 0 unspecified atom stereocenters. The van der Waals surface area contributed by atoms with Crippen molar-refractivity contribution >= 4 is 33.9 Å². The SMILES string of the molecule is COc1cc(C=Nc2sc3c(c2C#N)CC[C@H](C(C)(C)C)C3)ccc1Oc1ccc([N+](=O)[O-])cc1[N+](=O)[O-]. The van der Waals surface area contributed by atoms with Crippen molar-refractivity contribution < 1.29 is 19.3 Å². The lowest BCUT2D eigenvalue weighted by Gasteiger charge is -2.33. The normalized spacial score (nSPS) is 15.1. The number of aliphatic imine (C=N–C) groups is 1. The quantitative estimate of drug-likeness (QED) is 0.178.